The second-order valence-electron chi connectivity index (χ2n) is 5.05. The number of rotatable bonds is 8. The van der Waals surface area contributed by atoms with Crippen LogP contribution in [-0.4, -0.2) is 23.2 Å². The van der Waals surface area contributed by atoms with Gasteiger partial charge in [-0.25, -0.2) is 0 Å². The maximum Gasteiger partial charge on any atom is 0.257 e. The molecule has 1 amide bonds. The number of unbranched alkanes of at least 4 members (excludes halogenated alkanes) is 2. The first kappa shape index (κ1) is 16.6. The van der Waals surface area contributed by atoms with E-state index in [2.05, 4.69) is 22.4 Å². The summed E-state index contributed by atoms with van der Waals surface area (Å²) in [6, 6.07) is 7.37. The van der Waals surface area contributed by atoms with E-state index in [1.807, 2.05) is 18.2 Å². The molecule has 0 bridgehead atoms. The van der Waals surface area contributed by atoms with Crippen molar-refractivity contribution in [3.05, 3.63) is 40.4 Å². The zero-order valence-corrected chi connectivity index (χ0v) is 13.8. The quantitative estimate of drug-likeness (QED) is 0.754. The van der Waals surface area contributed by atoms with Crippen molar-refractivity contribution in [3.8, 4) is 0 Å². The third-order valence-corrected chi connectivity index (χ3v) is 4.08. The van der Waals surface area contributed by atoms with E-state index in [4.69, 9.17) is 4.74 Å². The molecular weight excluding hydrogens is 298 g/mol. The van der Waals surface area contributed by atoms with Crippen molar-refractivity contribution in [2.75, 3.05) is 12.4 Å². The van der Waals surface area contributed by atoms with E-state index in [1.165, 1.54) is 24.2 Å². The van der Waals surface area contributed by atoms with Gasteiger partial charge < -0.3 is 4.74 Å². The molecule has 0 radical (unpaired) electrons. The number of aryl methyl sites for hydroxylation is 1. The molecule has 0 aliphatic rings. The van der Waals surface area contributed by atoms with Crippen LogP contribution in [0.3, 0.4) is 0 Å². The fourth-order valence-electron chi connectivity index (χ4n) is 2.07. The van der Waals surface area contributed by atoms with Gasteiger partial charge in [0, 0.05) is 19.1 Å². The monoisotopic (exact) mass is 319 g/mol. The number of nitrogens with one attached hydrogen (secondary N) is 1. The van der Waals surface area contributed by atoms with E-state index in [0.717, 1.165) is 23.4 Å². The summed E-state index contributed by atoms with van der Waals surface area (Å²) in [6.45, 7) is 2.66. The van der Waals surface area contributed by atoms with Crippen LogP contribution in [0.1, 0.15) is 47.1 Å². The van der Waals surface area contributed by atoms with Gasteiger partial charge in [-0.15, -0.1) is 10.2 Å². The van der Waals surface area contributed by atoms with Gasteiger partial charge in [0.15, 0.2) is 0 Å². The number of amides is 1. The van der Waals surface area contributed by atoms with Crippen LogP contribution in [0.4, 0.5) is 5.13 Å². The van der Waals surface area contributed by atoms with Gasteiger partial charge >= 0.3 is 0 Å². The van der Waals surface area contributed by atoms with Gasteiger partial charge in [0.05, 0.1) is 6.61 Å². The zero-order valence-electron chi connectivity index (χ0n) is 13.0. The van der Waals surface area contributed by atoms with Gasteiger partial charge in [-0.2, -0.15) is 0 Å². The molecule has 5 nitrogen and oxygen atoms in total. The van der Waals surface area contributed by atoms with Crippen molar-refractivity contribution in [3.63, 3.8) is 0 Å². The summed E-state index contributed by atoms with van der Waals surface area (Å²) >= 11 is 1.44. The number of carbonyl (C=O) groups excluding carboxylic acids is 1. The van der Waals surface area contributed by atoms with E-state index in [1.54, 1.807) is 13.2 Å². The van der Waals surface area contributed by atoms with Crippen LogP contribution in [-0.2, 0) is 17.8 Å². The summed E-state index contributed by atoms with van der Waals surface area (Å²) < 4.78 is 5.08. The van der Waals surface area contributed by atoms with Gasteiger partial charge in [0.1, 0.15) is 5.01 Å². The lowest BCUT2D eigenvalue weighted by molar-refractivity contribution is 0.102. The Morgan fingerprint density at radius 3 is 2.95 bits per heavy atom. The zero-order chi connectivity index (χ0) is 15.8. The molecule has 118 valence electrons. The van der Waals surface area contributed by atoms with Crippen LogP contribution in [0, 0.1) is 0 Å². The van der Waals surface area contributed by atoms with Crippen LogP contribution in [0.5, 0.6) is 0 Å². The molecule has 1 aromatic carbocycles. The van der Waals surface area contributed by atoms with Gasteiger partial charge in [0.2, 0.25) is 5.13 Å². The lowest BCUT2D eigenvalue weighted by atomic mass is 10.1. The molecule has 0 aliphatic carbocycles. The highest BCUT2D eigenvalue weighted by Crippen LogP contribution is 2.18. The number of carbonyl (C=O) groups is 1. The number of methoxy groups -OCH3 is 1. The summed E-state index contributed by atoms with van der Waals surface area (Å²) in [4.78, 5) is 12.2. The van der Waals surface area contributed by atoms with E-state index < -0.39 is 0 Å². The average Bonchev–Trinajstić information content (AvgIpc) is 2.95. The number of hydrogen-bond acceptors (Lipinski definition) is 5. The van der Waals surface area contributed by atoms with Crippen molar-refractivity contribution in [1.82, 2.24) is 10.2 Å². The Morgan fingerprint density at radius 2 is 2.18 bits per heavy atom. The predicted molar refractivity (Wildman–Crippen MR) is 88.2 cm³/mol. The summed E-state index contributed by atoms with van der Waals surface area (Å²) in [5.41, 5.74) is 1.56. The molecule has 6 heteroatoms. The Bertz CT molecular complexity index is 613. The molecule has 0 saturated heterocycles. The maximum absolute atomic E-state index is 12.2. The van der Waals surface area contributed by atoms with Crippen molar-refractivity contribution in [2.45, 2.75) is 39.2 Å². The van der Waals surface area contributed by atoms with Crippen LogP contribution in [0.25, 0.3) is 0 Å². The van der Waals surface area contributed by atoms with Crippen molar-refractivity contribution in [2.24, 2.45) is 0 Å². The highest BCUT2D eigenvalue weighted by atomic mass is 32.1. The second-order valence-corrected chi connectivity index (χ2v) is 6.11. The predicted octanol–water partition coefficient (Wildman–Crippen LogP) is 3.67. The first-order valence-corrected chi connectivity index (χ1v) is 8.26. The molecule has 0 spiro atoms. The standard InChI is InChI=1S/C16H21N3O2S/c1-3-4-5-9-14-18-19-16(22-14)17-15(20)13-8-6-7-12(10-13)11-21-2/h6-8,10H,3-5,9,11H2,1-2H3,(H,17,19,20). The lowest BCUT2D eigenvalue weighted by Crippen LogP contribution is -2.12. The Balaban J connectivity index is 1.95. The molecule has 22 heavy (non-hydrogen) atoms. The summed E-state index contributed by atoms with van der Waals surface area (Å²) in [7, 11) is 1.63. The largest absolute Gasteiger partial charge is 0.380 e. The minimum absolute atomic E-state index is 0.172. The first-order chi connectivity index (χ1) is 10.7. The summed E-state index contributed by atoms with van der Waals surface area (Å²) in [5.74, 6) is -0.172. The van der Waals surface area contributed by atoms with Gasteiger partial charge in [0.25, 0.3) is 5.91 Å². The molecule has 0 aliphatic heterocycles. The molecule has 0 saturated carbocycles. The third-order valence-electron chi connectivity index (χ3n) is 3.18. The number of anilines is 1. The third kappa shape index (κ3) is 4.89. The molecule has 1 aromatic heterocycles. The first-order valence-electron chi connectivity index (χ1n) is 7.44. The Morgan fingerprint density at radius 1 is 1.32 bits per heavy atom. The summed E-state index contributed by atoms with van der Waals surface area (Å²) in [5, 5.41) is 12.5. The number of hydrogen-bond donors (Lipinski definition) is 1. The topological polar surface area (TPSA) is 64.1 Å². The van der Waals surface area contributed by atoms with Crippen LogP contribution in [0.2, 0.25) is 0 Å². The molecule has 0 fully saturated rings. The fraction of sp³-hybridized carbons (Fsp3) is 0.438. The smallest absolute Gasteiger partial charge is 0.257 e. The molecule has 1 heterocycles. The number of aromatic nitrogens is 2. The second kappa shape index (κ2) is 8.60. The van der Waals surface area contributed by atoms with Crippen LogP contribution < -0.4 is 5.32 Å². The molecule has 2 rings (SSSR count). The van der Waals surface area contributed by atoms with Gasteiger partial charge in [-0.1, -0.05) is 43.2 Å². The minimum Gasteiger partial charge on any atom is -0.380 e. The SMILES string of the molecule is CCCCCc1nnc(NC(=O)c2cccc(COC)c2)s1. The lowest BCUT2D eigenvalue weighted by Gasteiger charge is -2.04. The van der Waals surface area contributed by atoms with E-state index in [-0.39, 0.29) is 5.91 Å². The average molecular weight is 319 g/mol. The molecule has 0 atom stereocenters. The number of nitrogens with zero attached hydrogens (tertiary/aromatic N) is 2. The van der Waals surface area contributed by atoms with Crippen LogP contribution >= 0.6 is 11.3 Å². The highest BCUT2D eigenvalue weighted by Gasteiger charge is 2.10. The maximum atomic E-state index is 12.2. The van der Waals surface area contributed by atoms with E-state index >= 15 is 0 Å². The Hall–Kier alpha value is -1.79. The van der Waals surface area contributed by atoms with E-state index in [0.29, 0.717) is 17.3 Å². The molecule has 1 N–H and O–H groups in total. The molecular formula is C16H21N3O2S. The Labute approximate surface area is 134 Å². The normalized spacial score (nSPS) is 10.6. The van der Waals surface area contributed by atoms with E-state index in [9.17, 15) is 4.79 Å². The van der Waals surface area contributed by atoms with Crippen molar-refractivity contribution < 1.29 is 9.53 Å². The Kier molecular flexibility index (Phi) is 6.48. The van der Waals surface area contributed by atoms with Crippen molar-refractivity contribution >= 4 is 22.4 Å². The number of benzene rings is 1. The summed E-state index contributed by atoms with van der Waals surface area (Å²) in [6.07, 6.45) is 4.40. The fourth-order valence-corrected chi connectivity index (χ4v) is 2.85. The van der Waals surface area contributed by atoms with Crippen molar-refractivity contribution in [1.29, 1.82) is 0 Å². The molecule has 0 unspecified atom stereocenters. The van der Waals surface area contributed by atoms with Gasteiger partial charge in [-0.05, 0) is 24.1 Å². The van der Waals surface area contributed by atoms with Gasteiger partial charge in [-0.3, -0.25) is 10.1 Å². The molecule has 2 aromatic rings. The minimum atomic E-state index is -0.172. The highest BCUT2D eigenvalue weighted by molar-refractivity contribution is 7.15. The van der Waals surface area contributed by atoms with Crippen LogP contribution in [0.15, 0.2) is 24.3 Å². The number of ether oxygens (including phenoxy) is 1.